The average molecular weight is 225 g/mol. The first-order valence-corrected chi connectivity index (χ1v) is 5.38. The molecule has 4 heteroatoms. The summed E-state index contributed by atoms with van der Waals surface area (Å²) in [5.41, 5.74) is 0.660. The number of hydrogen-bond acceptors (Lipinski definition) is 3. The van der Waals surface area contributed by atoms with E-state index in [2.05, 4.69) is 5.32 Å². The zero-order valence-corrected chi connectivity index (χ0v) is 9.50. The van der Waals surface area contributed by atoms with Crippen molar-refractivity contribution in [3.05, 3.63) is 29.6 Å². The zero-order valence-electron chi connectivity index (χ0n) is 9.50. The van der Waals surface area contributed by atoms with Crippen LogP contribution >= 0.6 is 0 Å². The van der Waals surface area contributed by atoms with E-state index < -0.39 is 0 Å². The quantitative estimate of drug-likeness (QED) is 0.848. The first-order valence-electron chi connectivity index (χ1n) is 5.38. The lowest BCUT2D eigenvalue weighted by Gasteiger charge is -2.30. The molecule has 16 heavy (non-hydrogen) atoms. The molecule has 1 saturated heterocycles. The van der Waals surface area contributed by atoms with Crippen LogP contribution in [0.15, 0.2) is 18.2 Å². The number of benzene rings is 1. The third-order valence-electron chi connectivity index (χ3n) is 2.80. The van der Waals surface area contributed by atoms with E-state index in [1.54, 1.807) is 12.1 Å². The molecule has 0 spiro atoms. The lowest BCUT2D eigenvalue weighted by molar-refractivity contribution is -0.00940. The molecule has 1 N–H and O–H groups in total. The van der Waals surface area contributed by atoms with Crippen LogP contribution in [0.4, 0.5) is 4.39 Å². The molecule has 0 aromatic heterocycles. The summed E-state index contributed by atoms with van der Waals surface area (Å²) in [5.74, 6) is 0.306. The van der Waals surface area contributed by atoms with Crippen molar-refractivity contribution in [1.82, 2.24) is 5.32 Å². The Bertz CT molecular complexity index is 366. The Hall–Kier alpha value is -1.13. The van der Waals surface area contributed by atoms with Crippen LogP contribution in [0.1, 0.15) is 18.5 Å². The smallest absolute Gasteiger partial charge is 0.131 e. The van der Waals surface area contributed by atoms with Gasteiger partial charge in [0.05, 0.1) is 26.4 Å². The molecule has 88 valence electrons. The summed E-state index contributed by atoms with van der Waals surface area (Å²) < 4.78 is 23.7. The standard InChI is InChI=1S/C12H16FNO2/c1-8(14-9-6-16-7-9)11-4-3-10(15-2)5-12(11)13/h3-5,8-9,14H,6-7H2,1-2H3. The molecule has 1 aliphatic heterocycles. The normalized spacial score (nSPS) is 17.9. The van der Waals surface area contributed by atoms with Crippen molar-refractivity contribution in [3.63, 3.8) is 0 Å². The molecule has 0 amide bonds. The minimum absolute atomic E-state index is 0.0141. The van der Waals surface area contributed by atoms with Gasteiger partial charge in [-0.3, -0.25) is 0 Å². The Kier molecular flexibility index (Phi) is 3.41. The number of halogens is 1. The number of ether oxygens (including phenoxy) is 2. The van der Waals surface area contributed by atoms with E-state index >= 15 is 0 Å². The second-order valence-electron chi connectivity index (χ2n) is 4.01. The van der Waals surface area contributed by atoms with Gasteiger partial charge < -0.3 is 14.8 Å². The van der Waals surface area contributed by atoms with Gasteiger partial charge in [-0.2, -0.15) is 0 Å². The highest BCUT2D eigenvalue weighted by Gasteiger charge is 2.21. The Labute approximate surface area is 94.6 Å². The van der Waals surface area contributed by atoms with E-state index in [1.165, 1.54) is 13.2 Å². The van der Waals surface area contributed by atoms with Gasteiger partial charge in [0.2, 0.25) is 0 Å². The molecule has 1 unspecified atom stereocenters. The second-order valence-corrected chi connectivity index (χ2v) is 4.01. The predicted octanol–water partition coefficient (Wildman–Crippen LogP) is 1.88. The van der Waals surface area contributed by atoms with Crippen LogP contribution < -0.4 is 10.1 Å². The van der Waals surface area contributed by atoms with E-state index in [0.717, 1.165) is 0 Å². The lowest BCUT2D eigenvalue weighted by atomic mass is 10.1. The third kappa shape index (κ3) is 2.33. The molecule has 1 aliphatic rings. The Morgan fingerprint density at radius 3 is 2.75 bits per heavy atom. The minimum Gasteiger partial charge on any atom is -0.497 e. The van der Waals surface area contributed by atoms with Crippen LogP contribution in [0.5, 0.6) is 5.75 Å². The molecular formula is C12H16FNO2. The van der Waals surface area contributed by atoms with Crippen molar-refractivity contribution in [2.75, 3.05) is 20.3 Å². The van der Waals surface area contributed by atoms with E-state index in [1.807, 2.05) is 6.92 Å². The van der Waals surface area contributed by atoms with E-state index in [4.69, 9.17) is 9.47 Å². The first-order chi connectivity index (χ1) is 7.70. The van der Waals surface area contributed by atoms with Gasteiger partial charge in [-0.1, -0.05) is 6.07 Å². The SMILES string of the molecule is COc1ccc(C(C)NC2COC2)c(F)c1. The topological polar surface area (TPSA) is 30.5 Å². The summed E-state index contributed by atoms with van der Waals surface area (Å²) in [6.45, 7) is 3.37. The summed E-state index contributed by atoms with van der Waals surface area (Å²) in [4.78, 5) is 0. The molecule has 1 aromatic rings. The highest BCUT2D eigenvalue weighted by Crippen LogP contribution is 2.22. The molecular weight excluding hydrogens is 209 g/mol. The molecule has 0 radical (unpaired) electrons. The van der Waals surface area contributed by atoms with Crippen LogP contribution in [0, 0.1) is 5.82 Å². The van der Waals surface area contributed by atoms with Crippen molar-refractivity contribution < 1.29 is 13.9 Å². The molecule has 1 fully saturated rings. The van der Waals surface area contributed by atoms with Crippen molar-refractivity contribution in [3.8, 4) is 5.75 Å². The molecule has 0 saturated carbocycles. The Morgan fingerprint density at radius 2 is 2.25 bits per heavy atom. The van der Waals surface area contributed by atoms with Gasteiger partial charge in [0, 0.05) is 17.7 Å². The van der Waals surface area contributed by atoms with Crippen molar-refractivity contribution in [2.45, 2.75) is 19.0 Å². The van der Waals surface area contributed by atoms with Gasteiger partial charge in [-0.05, 0) is 13.0 Å². The Balaban J connectivity index is 2.06. The molecule has 3 nitrogen and oxygen atoms in total. The van der Waals surface area contributed by atoms with E-state index in [-0.39, 0.29) is 11.9 Å². The molecule has 1 atom stereocenters. The van der Waals surface area contributed by atoms with Gasteiger partial charge in [0.1, 0.15) is 11.6 Å². The monoisotopic (exact) mass is 225 g/mol. The maximum absolute atomic E-state index is 13.7. The van der Waals surface area contributed by atoms with Crippen LogP contribution in [0.2, 0.25) is 0 Å². The van der Waals surface area contributed by atoms with Crippen molar-refractivity contribution >= 4 is 0 Å². The summed E-state index contributed by atoms with van der Waals surface area (Å²) in [5, 5.41) is 3.31. The lowest BCUT2D eigenvalue weighted by Crippen LogP contribution is -2.46. The highest BCUT2D eigenvalue weighted by atomic mass is 19.1. The third-order valence-corrected chi connectivity index (χ3v) is 2.80. The fraction of sp³-hybridized carbons (Fsp3) is 0.500. The summed E-state index contributed by atoms with van der Waals surface area (Å²) in [6.07, 6.45) is 0. The zero-order chi connectivity index (χ0) is 11.5. The summed E-state index contributed by atoms with van der Waals surface area (Å²) in [7, 11) is 1.53. The molecule has 0 bridgehead atoms. The second kappa shape index (κ2) is 4.80. The van der Waals surface area contributed by atoms with Crippen molar-refractivity contribution in [1.29, 1.82) is 0 Å². The number of nitrogens with one attached hydrogen (secondary N) is 1. The van der Waals surface area contributed by atoms with Gasteiger partial charge in [0.15, 0.2) is 0 Å². The van der Waals surface area contributed by atoms with Gasteiger partial charge >= 0.3 is 0 Å². The maximum Gasteiger partial charge on any atom is 0.131 e. The largest absolute Gasteiger partial charge is 0.497 e. The number of rotatable bonds is 4. The molecule has 2 rings (SSSR count). The molecule has 1 aromatic carbocycles. The van der Waals surface area contributed by atoms with E-state index in [9.17, 15) is 4.39 Å². The van der Waals surface area contributed by atoms with E-state index in [0.29, 0.717) is 30.6 Å². The maximum atomic E-state index is 13.7. The van der Waals surface area contributed by atoms with Crippen LogP contribution in [-0.4, -0.2) is 26.4 Å². The van der Waals surface area contributed by atoms with Crippen LogP contribution in [-0.2, 0) is 4.74 Å². The predicted molar refractivity (Wildman–Crippen MR) is 59.1 cm³/mol. The van der Waals surface area contributed by atoms with Gasteiger partial charge in [-0.15, -0.1) is 0 Å². The fourth-order valence-electron chi connectivity index (χ4n) is 1.76. The fourth-order valence-corrected chi connectivity index (χ4v) is 1.76. The summed E-state index contributed by atoms with van der Waals surface area (Å²) >= 11 is 0. The van der Waals surface area contributed by atoms with Crippen LogP contribution in [0.3, 0.4) is 0 Å². The van der Waals surface area contributed by atoms with Gasteiger partial charge in [-0.25, -0.2) is 4.39 Å². The molecule has 1 heterocycles. The number of methoxy groups -OCH3 is 1. The highest BCUT2D eigenvalue weighted by molar-refractivity contribution is 5.30. The van der Waals surface area contributed by atoms with Crippen molar-refractivity contribution in [2.24, 2.45) is 0 Å². The van der Waals surface area contributed by atoms with Crippen LogP contribution in [0.25, 0.3) is 0 Å². The minimum atomic E-state index is -0.236. The summed E-state index contributed by atoms with van der Waals surface area (Å²) in [6, 6.07) is 5.26. The number of hydrogen-bond donors (Lipinski definition) is 1. The average Bonchev–Trinajstić information content (AvgIpc) is 2.23. The first kappa shape index (κ1) is 11.4. The van der Waals surface area contributed by atoms with Gasteiger partial charge in [0.25, 0.3) is 0 Å². The molecule has 0 aliphatic carbocycles. The Morgan fingerprint density at radius 1 is 1.50 bits per heavy atom.